The maximum Gasteiger partial charge on any atom is 0.251 e. The summed E-state index contributed by atoms with van der Waals surface area (Å²) in [5, 5.41) is 19.7. The van der Waals surface area contributed by atoms with Gasteiger partial charge in [0.1, 0.15) is 0 Å². The number of carbonyl (C=O) groups is 1. The number of nitrogens with zero attached hydrogens (tertiary/aromatic N) is 3. The monoisotopic (exact) mass is 585 g/mol. The summed E-state index contributed by atoms with van der Waals surface area (Å²) in [6, 6.07) is 23.9. The molecule has 226 valence electrons. The van der Waals surface area contributed by atoms with Gasteiger partial charge < -0.3 is 41.9 Å². The number of nitrogens with two attached hydrogens (primary N) is 1. The first-order chi connectivity index (χ1) is 21.1. The maximum absolute atomic E-state index is 12.0. The summed E-state index contributed by atoms with van der Waals surface area (Å²) in [6.45, 7) is 6.50. The quantitative estimate of drug-likeness (QED) is 0.0607. The molecule has 12 heteroatoms. The van der Waals surface area contributed by atoms with Crippen molar-refractivity contribution in [2.24, 2.45) is 0 Å². The van der Waals surface area contributed by atoms with Crippen LogP contribution in [-0.2, 0) is 9.47 Å². The average molecular weight is 586 g/mol. The summed E-state index contributed by atoms with van der Waals surface area (Å²) in [7, 11) is 0. The van der Waals surface area contributed by atoms with Crippen molar-refractivity contribution in [1.29, 1.82) is 5.41 Å². The number of nitrogen functional groups attached to an aromatic ring is 1. The molecule has 0 radical (unpaired) electrons. The molecule has 4 rings (SSSR count). The smallest absolute Gasteiger partial charge is 0.251 e. The lowest BCUT2D eigenvalue weighted by Crippen LogP contribution is -2.27. The highest BCUT2D eigenvalue weighted by molar-refractivity contribution is 5.94. The predicted octanol–water partition coefficient (Wildman–Crippen LogP) is 4.84. The van der Waals surface area contributed by atoms with Crippen molar-refractivity contribution in [3.8, 4) is 0 Å². The van der Waals surface area contributed by atoms with Crippen LogP contribution in [0.4, 0.5) is 34.9 Å². The number of aromatic nitrogens is 3. The van der Waals surface area contributed by atoms with Crippen LogP contribution in [0, 0.1) is 5.41 Å². The van der Waals surface area contributed by atoms with Crippen LogP contribution >= 0.6 is 0 Å². The molecule has 0 atom stereocenters. The van der Waals surface area contributed by atoms with Gasteiger partial charge in [-0.3, -0.25) is 4.79 Å². The number of ether oxygens (including phenoxy) is 2. The molecule has 1 heterocycles. The van der Waals surface area contributed by atoms with Gasteiger partial charge in [0.25, 0.3) is 5.91 Å². The lowest BCUT2D eigenvalue weighted by molar-refractivity contribution is 0.0519. The second-order valence-electron chi connectivity index (χ2n) is 8.68. The fourth-order valence-electron chi connectivity index (χ4n) is 3.62. The molecular formula is C31H39N9O3. The second kappa shape index (κ2) is 18.4. The lowest BCUT2D eigenvalue weighted by Gasteiger charge is -2.12. The van der Waals surface area contributed by atoms with Crippen molar-refractivity contribution >= 4 is 47.0 Å². The molecule has 0 unspecified atom stereocenters. The number of anilines is 6. The molecule has 43 heavy (non-hydrogen) atoms. The molecule has 0 aliphatic carbocycles. The zero-order valence-corrected chi connectivity index (χ0v) is 24.5. The summed E-state index contributed by atoms with van der Waals surface area (Å²) in [4.78, 5) is 25.4. The van der Waals surface area contributed by atoms with E-state index in [4.69, 9.17) is 20.6 Å². The van der Waals surface area contributed by atoms with E-state index in [1.165, 1.54) is 6.21 Å². The second-order valence-corrected chi connectivity index (χ2v) is 8.68. The molecule has 7 N–H and O–H groups in total. The molecule has 0 saturated carbocycles. The van der Waals surface area contributed by atoms with E-state index in [0.29, 0.717) is 79.9 Å². The van der Waals surface area contributed by atoms with E-state index in [1.807, 2.05) is 62.4 Å². The van der Waals surface area contributed by atoms with Gasteiger partial charge in [-0.2, -0.15) is 15.0 Å². The molecule has 0 saturated heterocycles. The van der Waals surface area contributed by atoms with Crippen molar-refractivity contribution in [3.63, 3.8) is 0 Å². The minimum atomic E-state index is -0.125. The number of hydrogen-bond acceptors (Lipinski definition) is 11. The molecule has 4 aromatic rings. The number of benzene rings is 3. The Labute approximate surface area is 252 Å². The van der Waals surface area contributed by atoms with E-state index in [0.717, 1.165) is 5.69 Å². The third kappa shape index (κ3) is 11.4. The number of carbonyl (C=O) groups excluding carboxylic acids is 1. The topological polar surface area (TPSA) is 172 Å². The van der Waals surface area contributed by atoms with Gasteiger partial charge in [0.05, 0.1) is 26.4 Å². The Kier molecular flexibility index (Phi) is 13.9. The molecule has 1 aromatic heterocycles. The Bertz CT molecular complexity index is 1410. The van der Waals surface area contributed by atoms with Gasteiger partial charge in [-0.15, -0.1) is 0 Å². The minimum Gasteiger partial charge on any atom is -0.398 e. The first-order valence-corrected chi connectivity index (χ1v) is 14.1. The third-order valence-corrected chi connectivity index (χ3v) is 5.63. The lowest BCUT2D eigenvalue weighted by atomic mass is 10.2. The molecule has 3 aromatic carbocycles. The van der Waals surface area contributed by atoms with E-state index in [-0.39, 0.29) is 5.91 Å². The van der Waals surface area contributed by atoms with Crippen molar-refractivity contribution in [2.45, 2.75) is 13.8 Å². The van der Waals surface area contributed by atoms with Crippen molar-refractivity contribution < 1.29 is 14.3 Å². The summed E-state index contributed by atoms with van der Waals surface area (Å²) >= 11 is 0. The van der Waals surface area contributed by atoms with Gasteiger partial charge in [-0.25, -0.2) is 0 Å². The molecule has 1 amide bonds. The maximum atomic E-state index is 12.0. The highest BCUT2D eigenvalue weighted by Gasteiger charge is 2.09. The summed E-state index contributed by atoms with van der Waals surface area (Å²) in [5.74, 6) is 0.907. The fourth-order valence-corrected chi connectivity index (χ4v) is 3.62. The molecule has 0 fully saturated rings. The highest BCUT2D eigenvalue weighted by Crippen LogP contribution is 2.21. The van der Waals surface area contributed by atoms with Gasteiger partial charge in [-0.1, -0.05) is 50.2 Å². The standard InChI is InChI=1S/C29H33N9O3.C2H6/c30-20-22-11-12-24(19-25(22)31)35-29-37-27(36-28(38-29)34-23-9-5-2-6-10-23)33-14-16-41-18-17-40-15-13-32-26(39)21-7-3-1-4-8-21;1-2/h1-12,19-20,30H,13-18,31H2,(H,32,39)(H3,33,34,35,36,37,38);1-2H3. The Morgan fingerprint density at radius 2 is 1.35 bits per heavy atom. The molecule has 0 aliphatic heterocycles. The number of rotatable bonds is 16. The minimum absolute atomic E-state index is 0.125. The van der Waals surface area contributed by atoms with Crippen LogP contribution in [0.15, 0.2) is 78.9 Å². The van der Waals surface area contributed by atoms with Crippen LogP contribution in [0.1, 0.15) is 29.8 Å². The summed E-state index contributed by atoms with van der Waals surface area (Å²) in [5.41, 5.74) is 9.24. The number of nitrogens with one attached hydrogen (secondary N) is 5. The molecule has 0 spiro atoms. The van der Waals surface area contributed by atoms with Crippen molar-refractivity contribution in [2.75, 3.05) is 61.2 Å². The highest BCUT2D eigenvalue weighted by atomic mass is 16.5. The van der Waals surface area contributed by atoms with Gasteiger partial charge in [0, 0.05) is 47.5 Å². The largest absolute Gasteiger partial charge is 0.398 e. The van der Waals surface area contributed by atoms with Crippen LogP contribution in [-0.4, -0.2) is 66.6 Å². The predicted molar refractivity (Wildman–Crippen MR) is 172 cm³/mol. The van der Waals surface area contributed by atoms with Crippen LogP contribution in [0.5, 0.6) is 0 Å². The number of amides is 1. The normalized spacial score (nSPS) is 10.2. The molecule has 12 nitrogen and oxygen atoms in total. The van der Waals surface area contributed by atoms with Crippen LogP contribution < -0.4 is 27.0 Å². The van der Waals surface area contributed by atoms with E-state index < -0.39 is 0 Å². The zero-order chi connectivity index (χ0) is 30.7. The van der Waals surface area contributed by atoms with E-state index >= 15 is 0 Å². The van der Waals surface area contributed by atoms with Gasteiger partial charge in [0.15, 0.2) is 0 Å². The molecular weight excluding hydrogens is 546 g/mol. The van der Waals surface area contributed by atoms with Crippen LogP contribution in [0.3, 0.4) is 0 Å². The zero-order valence-electron chi connectivity index (χ0n) is 24.5. The Hall–Kier alpha value is -5.07. The van der Waals surface area contributed by atoms with E-state index in [2.05, 4.69) is 36.2 Å². The first kappa shape index (κ1) is 32.4. The summed E-state index contributed by atoms with van der Waals surface area (Å²) in [6.07, 6.45) is 1.20. The van der Waals surface area contributed by atoms with Gasteiger partial charge in [0.2, 0.25) is 17.8 Å². The Balaban J connectivity index is 0.00000248. The van der Waals surface area contributed by atoms with Crippen LogP contribution in [0.2, 0.25) is 0 Å². The fraction of sp³-hybridized carbons (Fsp3) is 0.258. The van der Waals surface area contributed by atoms with Crippen molar-refractivity contribution in [3.05, 3.63) is 90.0 Å². The average Bonchev–Trinajstić information content (AvgIpc) is 3.04. The Morgan fingerprint density at radius 1 is 0.767 bits per heavy atom. The molecule has 0 bridgehead atoms. The van der Waals surface area contributed by atoms with E-state index in [1.54, 1.807) is 30.3 Å². The van der Waals surface area contributed by atoms with Crippen LogP contribution in [0.25, 0.3) is 0 Å². The third-order valence-electron chi connectivity index (χ3n) is 5.63. The summed E-state index contributed by atoms with van der Waals surface area (Å²) < 4.78 is 11.2. The van der Waals surface area contributed by atoms with Crippen molar-refractivity contribution in [1.82, 2.24) is 20.3 Å². The number of hydrogen-bond donors (Lipinski definition) is 6. The van der Waals surface area contributed by atoms with E-state index in [9.17, 15) is 4.79 Å². The molecule has 0 aliphatic rings. The van der Waals surface area contributed by atoms with Gasteiger partial charge >= 0.3 is 0 Å². The Morgan fingerprint density at radius 3 is 1.98 bits per heavy atom. The first-order valence-electron chi connectivity index (χ1n) is 14.1. The SMILES string of the molecule is CC.N=Cc1ccc(Nc2nc(NCCOCCOCCNC(=O)c3ccccc3)nc(Nc3ccccc3)n2)cc1N. The number of para-hydroxylation sites is 1. The van der Waals surface area contributed by atoms with Gasteiger partial charge in [-0.05, 0) is 42.5 Å².